The van der Waals surface area contributed by atoms with Crippen LogP contribution in [0.25, 0.3) is 0 Å². The summed E-state index contributed by atoms with van der Waals surface area (Å²) in [6, 6.07) is 6.07. The Bertz CT molecular complexity index is 525. The van der Waals surface area contributed by atoms with Crippen LogP contribution in [0, 0.1) is 6.92 Å². The lowest BCUT2D eigenvalue weighted by Crippen LogP contribution is -2.45. The molecule has 0 radical (unpaired) electrons. The fourth-order valence-corrected chi connectivity index (χ4v) is 3.94. The van der Waals surface area contributed by atoms with E-state index >= 15 is 0 Å². The van der Waals surface area contributed by atoms with Crippen molar-refractivity contribution in [2.75, 3.05) is 13.2 Å². The summed E-state index contributed by atoms with van der Waals surface area (Å²) >= 11 is 0. The second-order valence-corrected chi connectivity index (χ2v) is 7.25. The van der Waals surface area contributed by atoms with Crippen molar-refractivity contribution < 1.29 is 18.6 Å². The molecule has 0 heterocycles. The van der Waals surface area contributed by atoms with Gasteiger partial charge in [-0.05, 0) is 32.4 Å². The van der Waals surface area contributed by atoms with Crippen LogP contribution in [0.2, 0.25) is 0 Å². The van der Waals surface area contributed by atoms with Crippen LogP contribution in [0.4, 0.5) is 0 Å². The van der Waals surface area contributed by atoms with Gasteiger partial charge in [0.05, 0.1) is 17.6 Å². The molecule has 0 aliphatic carbocycles. The highest BCUT2D eigenvalue weighted by molar-refractivity contribution is 7.89. The molecule has 6 heteroatoms. The summed E-state index contributed by atoms with van der Waals surface area (Å²) < 4.78 is 26.7. The van der Waals surface area contributed by atoms with Crippen molar-refractivity contribution in [1.82, 2.24) is 4.31 Å². The highest BCUT2D eigenvalue weighted by atomic mass is 32.2. The van der Waals surface area contributed by atoms with Crippen LogP contribution in [-0.2, 0) is 10.0 Å². The number of hydrogen-bond donors (Lipinski definition) is 2. The monoisotopic (exact) mass is 315 g/mol. The number of aliphatic hydroxyl groups excluding tert-OH is 2. The van der Waals surface area contributed by atoms with E-state index in [9.17, 15) is 18.6 Å². The molecule has 2 N–H and O–H groups in total. The average Bonchev–Trinajstić information content (AvgIpc) is 2.42. The van der Waals surface area contributed by atoms with E-state index in [0.717, 1.165) is 12.0 Å². The fraction of sp³-hybridized carbons (Fsp3) is 0.600. The van der Waals surface area contributed by atoms with Crippen molar-refractivity contribution in [3.8, 4) is 0 Å². The predicted molar refractivity (Wildman–Crippen MR) is 82.5 cm³/mol. The van der Waals surface area contributed by atoms with E-state index in [1.807, 2.05) is 13.8 Å². The van der Waals surface area contributed by atoms with E-state index in [0.29, 0.717) is 6.42 Å². The smallest absolute Gasteiger partial charge is 0.243 e. The van der Waals surface area contributed by atoms with Crippen LogP contribution in [0.5, 0.6) is 0 Å². The molecule has 0 spiro atoms. The molecule has 1 unspecified atom stereocenters. The molecule has 21 heavy (non-hydrogen) atoms. The maximum atomic E-state index is 12.8. The summed E-state index contributed by atoms with van der Waals surface area (Å²) in [4.78, 5) is 0.184. The first-order chi connectivity index (χ1) is 9.82. The Morgan fingerprint density at radius 1 is 1.24 bits per heavy atom. The van der Waals surface area contributed by atoms with Crippen LogP contribution in [0.1, 0.15) is 32.3 Å². The second kappa shape index (κ2) is 7.89. The molecule has 5 nitrogen and oxygen atoms in total. The number of sulfonamides is 1. The minimum Gasteiger partial charge on any atom is -0.395 e. The first kappa shape index (κ1) is 18.1. The number of benzene rings is 1. The van der Waals surface area contributed by atoms with Crippen LogP contribution in [0.15, 0.2) is 29.2 Å². The van der Waals surface area contributed by atoms with Crippen LogP contribution >= 0.6 is 0 Å². The Kier molecular flexibility index (Phi) is 6.80. The van der Waals surface area contributed by atoms with Crippen molar-refractivity contribution in [2.24, 2.45) is 0 Å². The van der Waals surface area contributed by atoms with Gasteiger partial charge in [-0.2, -0.15) is 4.31 Å². The highest BCUT2D eigenvalue weighted by Gasteiger charge is 2.31. The third-order valence-corrected chi connectivity index (χ3v) is 5.24. The van der Waals surface area contributed by atoms with Crippen molar-refractivity contribution in [3.05, 3.63) is 29.8 Å². The predicted octanol–water partition coefficient (Wildman–Crippen LogP) is 1.53. The minimum atomic E-state index is -3.73. The number of nitrogens with zero attached hydrogens (tertiary/aromatic N) is 1. The topological polar surface area (TPSA) is 77.8 Å². The van der Waals surface area contributed by atoms with Crippen LogP contribution in [0.3, 0.4) is 0 Å². The summed E-state index contributed by atoms with van der Waals surface area (Å²) in [6.07, 6.45) is 0.510. The van der Waals surface area contributed by atoms with Crippen molar-refractivity contribution in [1.29, 1.82) is 0 Å². The molecule has 2 atom stereocenters. The van der Waals surface area contributed by atoms with Gasteiger partial charge in [-0.1, -0.05) is 31.0 Å². The summed E-state index contributed by atoms with van der Waals surface area (Å²) in [5.74, 6) is 0. The van der Waals surface area contributed by atoms with Gasteiger partial charge in [0, 0.05) is 12.6 Å². The fourth-order valence-electron chi connectivity index (χ4n) is 2.21. The average molecular weight is 315 g/mol. The number of aliphatic hydroxyl groups is 2. The summed E-state index contributed by atoms with van der Waals surface area (Å²) in [5, 5.41) is 19.1. The van der Waals surface area contributed by atoms with Crippen molar-refractivity contribution in [3.63, 3.8) is 0 Å². The molecule has 1 aromatic carbocycles. The summed E-state index contributed by atoms with van der Waals surface area (Å²) in [5.41, 5.74) is 0.975. The molecular formula is C15H25NO4S. The molecule has 0 amide bonds. The van der Waals surface area contributed by atoms with Crippen molar-refractivity contribution >= 4 is 10.0 Å². The van der Waals surface area contributed by atoms with Crippen LogP contribution in [-0.4, -0.2) is 48.2 Å². The summed E-state index contributed by atoms with van der Waals surface area (Å²) in [6.45, 7) is 5.07. The third kappa shape index (κ3) is 4.78. The van der Waals surface area contributed by atoms with Gasteiger partial charge in [0.1, 0.15) is 0 Å². The Balaban J connectivity index is 3.19. The molecule has 0 aromatic heterocycles. The number of rotatable bonds is 8. The molecule has 120 valence electrons. The Hall–Kier alpha value is -0.950. The standard InChI is InChI=1S/C15H25NO4S/c1-4-5-14(11-17)16(10-13(3)18)21(19,20)15-8-6-12(2)7-9-15/h6-9,13-14,17-18H,4-5,10-11H2,1-3H3/t13?,14-/m1/s1. The van der Waals surface area contributed by atoms with E-state index in [4.69, 9.17) is 0 Å². The van der Waals surface area contributed by atoms with E-state index < -0.39 is 22.2 Å². The van der Waals surface area contributed by atoms with Gasteiger partial charge >= 0.3 is 0 Å². The lowest BCUT2D eigenvalue weighted by Gasteiger charge is -2.30. The highest BCUT2D eigenvalue weighted by Crippen LogP contribution is 2.21. The first-order valence-corrected chi connectivity index (χ1v) is 8.64. The summed E-state index contributed by atoms with van der Waals surface area (Å²) in [7, 11) is -3.73. The maximum absolute atomic E-state index is 12.8. The minimum absolute atomic E-state index is 0.0264. The lowest BCUT2D eigenvalue weighted by molar-refractivity contribution is 0.118. The Morgan fingerprint density at radius 3 is 2.24 bits per heavy atom. The van der Waals surface area contributed by atoms with Gasteiger partial charge < -0.3 is 10.2 Å². The largest absolute Gasteiger partial charge is 0.395 e. The SMILES string of the molecule is CCC[C@H](CO)N(CC(C)O)S(=O)(=O)c1ccc(C)cc1. The molecule has 0 saturated heterocycles. The molecule has 0 aliphatic rings. The molecule has 1 rings (SSSR count). The van der Waals surface area contributed by atoms with Crippen LogP contribution < -0.4 is 0 Å². The Labute approximate surface area is 127 Å². The molecule has 0 aliphatic heterocycles. The van der Waals surface area contributed by atoms with Crippen molar-refractivity contribution in [2.45, 2.75) is 50.7 Å². The van der Waals surface area contributed by atoms with Gasteiger partial charge in [-0.3, -0.25) is 0 Å². The second-order valence-electron chi connectivity index (χ2n) is 5.36. The van der Waals surface area contributed by atoms with E-state index in [-0.39, 0.29) is 18.0 Å². The maximum Gasteiger partial charge on any atom is 0.243 e. The van der Waals surface area contributed by atoms with Gasteiger partial charge in [-0.15, -0.1) is 0 Å². The quantitative estimate of drug-likeness (QED) is 0.762. The zero-order valence-corrected chi connectivity index (χ0v) is 13.7. The lowest BCUT2D eigenvalue weighted by atomic mass is 10.2. The van der Waals surface area contributed by atoms with Gasteiger partial charge in [-0.25, -0.2) is 8.42 Å². The normalized spacial score (nSPS) is 15.1. The molecule has 0 saturated carbocycles. The zero-order valence-electron chi connectivity index (χ0n) is 12.9. The van der Waals surface area contributed by atoms with Gasteiger partial charge in [0.15, 0.2) is 0 Å². The van der Waals surface area contributed by atoms with E-state index in [1.54, 1.807) is 24.3 Å². The zero-order chi connectivity index (χ0) is 16.0. The first-order valence-electron chi connectivity index (χ1n) is 7.20. The van der Waals surface area contributed by atoms with E-state index in [2.05, 4.69) is 0 Å². The van der Waals surface area contributed by atoms with E-state index in [1.165, 1.54) is 11.2 Å². The van der Waals surface area contributed by atoms with Gasteiger partial charge in [0.2, 0.25) is 10.0 Å². The van der Waals surface area contributed by atoms with Gasteiger partial charge in [0.25, 0.3) is 0 Å². The third-order valence-electron chi connectivity index (χ3n) is 3.31. The number of hydrogen-bond acceptors (Lipinski definition) is 4. The molecule has 1 aromatic rings. The molecule has 0 bridgehead atoms. The molecule has 0 fully saturated rings. The molecular weight excluding hydrogens is 290 g/mol. The number of aryl methyl sites for hydroxylation is 1. The Morgan fingerprint density at radius 2 is 1.81 bits per heavy atom.